The number of nitrogens with one attached hydrogen (secondary N) is 1. The molecule has 0 spiro atoms. The monoisotopic (exact) mass is 398 g/mol. The average Bonchev–Trinajstić information content (AvgIpc) is 2.73. The fourth-order valence-electron chi connectivity index (χ4n) is 3.10. The van der Waals surface area contributed by atoms with Crippen LogP contribution in [0.3, 0.4) is 0 Å². The maximum Gasteiger partial charge on any atom is 0.248 e. The number of primary amides is 1. The quantitative estimate of drug-likeness (QED) is 0.454. The van der Waals surface area contributed by atoms with Crippen LogP contribution in [0.1, 0.15) is 27.0 Å². The third-order valence-electron chi connectivity index (χ3n) is 4.79. The highest BCUT2D eigenvalue weighted by Gasteiger charge is 2.14. The van der Waals surface area contributed by atoms with Gasteiger partial charge in [-0.2, -0.15) is 0 Å². The zero-order valence-electron chi connectivity index (χ0n) is 15.9. The van der Waals surface area contributed by atoms with Gasteiger partial charge in [0.25, 0.3) is 0 Å². The number of halogens is 3. The van der Waals surface area contributed by atoms with Gasteiger partial charge in [-0.3, -0.25) is 4.79 Å². The number of carbonyl (C=O) groups excluding carboxylic acids is 1. The van der Waals surface area contributed by atoms with Gasteiger partial charge < -0.3 is 11.1 Å². The third kappa shape index (κ3) is 4.84. The lowest BCUT2D eigenvalue weighted by atomic mass is 10.0. The van der Waals surface area contributed by atoms with Gasteiger partial charge in [-0.15, -0.1) is 0 Å². The lowest BCUT2D eigenvalue weighted by molar-refractivity contribution is 0.100. The third-order valence-corrected chi connectivity index (χ3v) is 4.79. The summed E-state index contributed by atoms with van der Waals surface area (Å²) < 4.78 is 40.8. The predicted molar refractivity (Wildman–Crippen MR) is 107 cm³/mol. The molecule has 3 aromatic carbocycles. The first-order chi connectivity index (χ1) is 13.9. The van der Waals surface area contributed by atoms with Crippen LogP contribution in [0.4, 0.5) is 13.2 Å². The molecule has 29 heavy (non-hydrogen) atoms. The van der Waals surface area contributed by atoms with E-state index in [0.29, 0.717) is 18.7 Å². The van der Waals surface area contributed by atoms with E-state index in [1.165, 1.54) is 6.92 Å². The van der Waals surface area contributed by atoms with Crippen LogP contribution in [0.25, 0.3) is 11.1 Å². The minimum Gasteiger partial charge on any atom is -0.366 e. The fourth-order valence-corrected chi connectivity index (χ4v) is 3.10. The normalized spacial score (nSPS) is 10.9. The van der Waals surface area contributed by atoms with Gasteiger partial charge in [0, 0.05) is 17.7 Å². The molecule has 0 aromatic heterocycles. The van der Waals surface area contributed by atoms with E-state index in [0.717, 1.165) is 22.8 Å². The van der Waals surface area contributed by atoms with Crippen molar-refractivity contribution in [3.05, 3.63) is 94.3 Å². The minimum atomic E-state index is -1.14. The molecule has 0 atom stereocenters. The number of rotatable bonds is 7. The molecule has 0 aliphatic rings. The van der Waals surface area contributed by atoms with Crippen molar-refractivity contribution in [2.45, 2.75) is 19.9 Å². The standard InChI is InChI=1S/C23H21F3N2O/c1-14-21(25)18(12-20(24)22(14)26)9-10-28-13-15-5-7-16(8-6-15)17-3-2-4-19(11-17)23(27)29/h2-8,11-12,28H,9-10,13H2,1H3,(H2,27,29). The highest BCUT2D eigenvalue weighted by Crippen LogP contribution is 2.21. The van der Waals surface area contributed by atoms with Crippen molar-refractivity contribution in [3.63, 3.8) is 0 Å². The van der Waals surface area contributed by atoms with Crippen molar-refractivity contribution in [2.75, 3.05) is 6.54 Å². The van der Waals surface area contributed by atoms with Gasteiger partial charge in [0.15, 0.2) is 11.6 Å². The molecule has 3 aromatic rings. The molecule has 3 N–H and O–H groups in total. The Morgan fingerprint density at radius 3 is 2.38 bits per heavy atom. The van der Waals surface area contributed by atoms with Crippen LogP contribution in [0.5, 0.6) is 0 Å². The summed E-state index contributed by atoms with van der Waals surface area (Å²) in [7, 11) is 0. The van der Waals surface area contributed by atoms with Gasteiger partial charge in [0.1, 0.15) is 5.82 Å². The zero-order chi connectivity index (χ0) is 21.0. The smallest absolute Gasteiger partial charge is 0.248 e. The molecule has 0 unspecified atom stereocenters. The van der Waals surface area contributed by atoms with Crippen molar-refractivity contribution >= 4 is 5.91 Å². The maximum absolute atomic E-state index is 14.0. The van der Waals surface area contributed by atoms with Crippen LogP contribution >= 0.6 is 0 Å². The molecule has 0 radical (unpaired) electrons. The van der Waals surface area contributed by atoms with E-state index in [2.05, 4.69) is 5.32 Å². The van der Waals surface area contributed by atoms with Crippen LogP contribution in [0, 0.1) is 24.4 Å². The molecule has 3 nitrogen and oxygen atoms in total. The highest BCUT2D eigenvalue weighted by molar-refractivity contribution is 5.94. The Kier molecular flexibility index (Phi) is 6.34. The summed E-state index contributed by atoms with van der Waals surface area (Å²) in [6.45, 7) is 2.20. The molecular weight excluding hydrogens is 377 g/mol. The lowest BCUT2D eigenvalue weighted by Crippen LogP contribution is -2.17. The van der Waals surface area contributed by atoms with Crippen molar-refractivity contribution in [3.8, 4) is 11.1 Å². The van der Waals surface area contributed by atoms with E-state index in [-0.39, 0.29) is 17.5 Å². The van der Waals surface area contributed by atoms with E-state index < -0.39 is 23.4 Å². The zero-order valence-corrected chi connectivity index (χ0v) is 15.9. The Morgan fingerprint density at radius 1 is 0.966 bits per heavy atom. The molecule has 0 saturated heterocycles. The van der Waals surface area contributed by atoms with Crippen molar-refractivity contribution in [2.24, 2.45) is 5.73 Å². The minimum absolute atomic E-state index is 0.151. The first-order valence-corrected chi connectivity index (χ1v) is 9.19. The molecule has 0 heterocycles. The summed E-state index contributed by atoms with van der Waals surface area (Å²) in [5, 5.41) is 3.17. The molecule has 0 fully saturated rings. The summed E-state index contributed by atoms with van der Waals surface area (Å²) >= 11 is 0. The van der Waals surface area contributed by atoms with Crippen molar-refractivity contribution < 1.29 is 18.0 Å². The van der Waals surface area contributed by atoms with Crippen LogP contribution in [-0.2, 0) is 13.0 Å². The highest BCUT2D eigenvalue weighted by atomic mass is 19.2. The molecule has 0 aliphatic heterocycles. The van der Waals surface area contributed by atoms with E-state index in [9.17, 15) is 18.0 Å². The van der Waals surface area contributed by atoms with Gasteiger partial charge in [0.2, 0.25) is 5.91 Å². The number of hydrogen-bond donors (Lipinski definition) is 2. The molecule has 3 rings (SSSR count). The Bertz CT molecular complexity index is 1030. The first kappa shape index (κ1) is 20.6. The van der Waals surface area contributed by atoms with Gasteiger partial charge in [-0.1, -0.05) is 36.4 Å². The van der Waals surface area contributed by atoms with Crippen LogP contribution in [0.15, 0.2) is 54.6 Å². The number of carbonyl (C=O) groups is 1. The molecule has 6 heteroatoms. The fraction of sp³-hybridized carbons (Fsp3) is 0.174. The molecule has 1 amide bonds. The second kappa shape index (κ2) is 8.92. The second-order valence-electron chi connectivity index (χ2n) is 6.84. The van der Waals surface area contributed by atoms with Gasteiger partial charge >= 0.3 is 0 Å². The number of nitrogens with two attached hydrogens (primary N) is 1. The number of amides is 1. The summed E-state index contributed by atoms with van der Waals surface area (Å²) in [6.07, 6.45) is 0.252. The van der Waals surface area contributed by atoms with E-state index in [1.54, 1.807) is 18.2 Å². The van der Waals surface area contributed by atoms with Crippen LogP contribution < -0.4 is 11.1 Å². The first-order valence-electron chi connectivity index (χ1n) is 9.19. The van der Waals surface area contributed by atoms with Crippen LogP contribution in [-0.4, -0.2) is 12.5 Å². The average molecular weight is 398 g/mol. The Hall–Kier alpha value is -3.12. The van der Waals surface area contributed by atoms with Crippen LogP contribution in [0.2, 0.25) is 0 Å². The van der Waals surface area contributed by atoms with Crippen molar-refractivity contribution in [1.82, 2.24) is 5.32 Å². The van der Waals surface area contributed by atoms with Crippen molar-refractivity contribution in [1.29, 1.82) is 0 Å². The molecule has 150 valence electrons. The Balaban J connectivity index is 1.58. The summed E-state index contributed by atoms with van der Waals surface area (Å²) in [6, 6.07) is 15.8. The topological polar surface area (TPSA) is 55.1 Å². The second-order valence-corrected chi connectivity index (χ2v) is 6.84. The molecule has 0 saturated carbocycles. The largest absolute Gasteiger partial charge is 0.366 e. The molecule has 0 bridgehead atoms. The summed E-state index contributed by atoms with van der Waals surface area (Å²) in [5.74, 6) is -3.34. The number of benzene rings is 3. The SMILES string of the molecule is Cc1c(F)c(F)cc(CCNCc2ccc(-c3cccc(C(N)=O)c3)cc2)c1F. The van der Waals surface area contributed by atoms with E-state index in [4.69, 9.17) is 5.73 Å². The predicted octanol–water partition coefficient (Wildman–Crippen LogP) is 4.51. The summed E-state index contributed by atoms with van der Waals surface area (Å²) in [4.78, 5) is 11.3. The Morgan fingerprint density at radius 2 is 1.69 bits per heavy atom. The number of hydrogen-bond acceptors (Lipinski definition) is 2. The molecular formula is C23H21F3N2O. The van der Waals surface area contributed by atoms with Gasteiger partial charge in [0.05, 0.1) is 0 Å². The van der Waals surface area contributed by atoms with Gasteiger partial charge in [-0.25, -0.2) is 13.2 Å². The van der Waals surface area contributed by atoms with E-state index in [1.807, 2.05) is 30.3 Å². The van der Waals surface area contributed by atoms with Gasteiger partial charge in [-0.05, 0) is 60.3 Å². The van der Waals surface area contributed by atoms with E-state index >= 15 is 0 Å². The Labute approximate surface area is 167 Å². The molecule has 0 aliphatic carbocycles. The lowest BCUT2D eigenvalue weighted by Gasteiger charge is -2.10. The maximum atomic E-state index is 14.0. The summed E-state index contributed by atoms with van der Waals surface area (Å²) in [5.41, 5.74) is 8.49.